The molecule has 2 aromatic carbocycles. The van der Waals surface area contributed by atoms with E-state index in [9.17, 15) is 9.59 Å². The molecular weight excluding hydrogens is 379 g/mol. The van der Waals surface area contributed by atoms with Crippen molar-refractivity contribution in [1.82, 2.24) is 0 Å². The molecule has 1 N–H and O–H groups in total. The quantitative estimate of drug-likeness (QED) is 0.754. The summed E-state index contributed by atoms with van der Waals surface area (Å²) >= 11 is 11.7. The summed E-state index contributed by atoms with van der Waals surface area (Å²) in [5.41, 5.74) is 0.911. The van der Waals surface area contributed by atoms with E-state index in [4.69, 9.17) is 37.9 Å². The van der Waals surface area contributed by atoms with Crippen LogP contribution in [0.3, 0.4) is 0 Å². The second kappa shape index (κ2) is 9.09. The predicted molar refractivity (Wildman–Crippen MR) is 97.3 cm³/mol. The van der Waals surface area contributed by atoms with Crippen LogP contribution in [0.25, 0.3) is 0 Å². The summed E-state index contributed by atoms with van der Waals surface area (Å²) in [4.78, 5) is 23.7. The summed E-state index contributed by atoms with van der Waals surface area (Å²) in [7, 11) is 0. The highest BCUT2D eigenvalue weighted by Gasteiger charge is 2.18. The summed E-state index contributed by atoms with van der Waals surface area (Å²) in [6, 6.07) is 12.9. The van der Waals surface area contributed by atoms with Crippen LogP contribution in [-0.4, -0.2) is 24.6 Å². The van der Waals surface area contributed by atoms with Gasteiger partial charge in [-0.05, 0) is 49.4 Å². The van der Waals surface area contributed by atoms with Crippen molar-refractivity contribution in [3.8, 4) is 11.8 Å². The Morgan fingerprint density at radius 2 is 1.85 bits per heavy atom. The van der Waals surface area contributed by atoms with Gasteiger partial charge >= 0.3 is 5.97 Å². The highest BCUT2D eigenvalue weighted by atomic mass is 35.5. The summed E-state index contributed by atoms with van der Waals surface area (Å²) < 4.78 is 10.3. The van der Waals surface area contributed by atoms with Crippen molar-refractivity contribution in [2.24, 2.45) is 0 Å². The third kappa shape index (κ3) is 5.66. The molecule has 0 aliphatic rings. The first-order valence-corrected chi connectivity index (χ1v) is 8.23. The molecule has 0 heterocycles. The minimum absolute atomic E-state index is 0.297. The van der Waals surface area contributed by atoms with Crippen molar-refractivity contribution in [2.45, 2.75) is 13.0 Å². The third-order valence-electron chi connectivity index (χ3n) is 3.18. The number of hydrogen-bond donors (Lipinski definition) is 1. The number of ether oxygens (including phenoxy) is 2. The zero-order valence-corrected chi connectivity index (χ0v) is 15.2. The molecule has 8 heteroatoms. The molecule has 0 fully saturated rings. The van der Waals surface area contributed by atoms with Crippen LogP contribution in [0.4, 0.5) is 5.69 Å². The molecule has 0 aromatic heterocycles. The molecule has 0 bridgehead atoms. The van der Waals surface area contributed by atoms with Gasteiger partial charge in [0.1, 0.15) is 5.75 Å². The fourth-order valence-electron chi connectivity index (χ4n) is 1.89. The fourth-order valence-corrected chi connectivity index (χ4v) is 2.18. The number of rotatable bonds is 6. The molecule has 2 aromatic rings. The highest BCUT2D eigenvalue weighted by molar-refractivity contribution is 6.42. The van der Waals surface area contributed by atoms with E-state index in [1.807, 2.05) is 6.07 Å². The van der Waals surface area contributed by atoms with Gasteiger partial charge in [-0.15, -0.1) is 0 Å². The highest BCUT2D eigenvalue weighted by Crippen LogP contribution is 2.24. The molecule has 0 aliphatic heterocycles. The number of nitrogens with one attached hydrogen (secondary N) is 1. The van der Waals surface area contributed by atoms with E-state index in [2.05, 4.69) is 5.32 Å². The molecule has 2 rings (SSSR count). The lowest BCUT2D eigenvalue weighted by Gasteiger charge is -2.14. The standard InChI is InChI=1S/C18H14Cl2N2O4/c1-11(26-14-5-2-12(9-21)3-6-14)18(24)25-10-17(23)22-13-4-7-15(19)16(20)8-13/h2-8,11H,10H2,1H3,(H,22,23)/t11-/m0/s1. The second-order valence-corrected chi connectivity index (χ2v) is 6.00. The molecule has 0 aliphatic carbocycles. The third-order valence-corrected chi connectivity index (χ3v) is 3.92. The van der Waals surface area contributed by atoms with Gasteiger partial charge in [0.15, 0.2) is 12.7 Å². The van der Waals surface area contributed by atoms with Gasteiger partial charge in [-0.25, -0.2) is 4.79 Å². The first kappa shape index (κ1) is 19.6. The normalized spacial score (nSPS) is 11.2. The lowest BCUT2D eigenvalue weighted by Crippen LogP contribution is -2.29. The Balaban J connectivity index is 1.81. The number of carbonyl (C=O) groups is 2. The van der Waals surface area contributed by atoms with E-state index in [0.717, 1.165) is 0 Å². The molecule has 0 radical (unpaired) electrons. The van der Waals surface area contributed by atoms with Crippen LogP contribution in [0.15, 0.2) is 42.5 Å². The molecule has 26 heavy (non-hydrogen) atoms. The van der Waals surface area contributed by atoms with Gasteiger partial charge < -0.3 is 14.8 Å². The predicted octanol–water partition coefficient (Wildman–Crippen LogP) is 3.81. The Labute approximate surface area is 160 Å². The van der Waals surface area contributed by atoms with Crippen LogP contribution in [0, 0.1) is 11.3 Å². The SMILES string of the molecule is C[C@H](Oc1ccc(C#N)cc1)C(=O)OCC(=O)Nc1ccc(Cl)c(Cl)c1. The molecule has 134 valence electrons. The number of esters is 1. The summed E-state index contributed by atoms with van der Waals surface area (Å²) in [6.45, 7) is 1.03. The number of nitrogens with zero attached hydrogens (tertiary/aromatic N) is 1. The maximum absolute atomic E-state index is 11.9. The van der Waals surface area contributed by atoms with Gasteiger partial charge in [-0.3, -0.25) is 4.79 Å². The number of benzene rings is 2. The Bertz CT molecular complexity index is 847. The van der Waals surface area contributed by atoms with Gasteiger partial charge in [0.05, 0.1) is 21.7 Å². The topological polar surface area (TPSA) is 88.4 Å². The molecule has 0 saturated heterocycles. The molecule has 6 nitrogen and oxygen atoms in total. The molecule has 1 atom stereocenters. The van der Waals surface area contributed by atoms with Crippen LogP contribution in [-0.2, 0) is 14.3 Å². The Morgan fingerprint density at radius 1 is 1.15 bits per heavy atom. The van der Waals surface area contributed by atoms with Gasteiger partial charge in [0.2, 0.25) is 0 Å². The van der Waals surface area contributed by atoms with Crippen LogP contribution in [0.1, 0.15) is 12.5 Å². The molecule has 0 spiro atoms. The van der Waals surface area contributed by atoms with E-state index < -0.39 is 24.6 Å². The maximum atomic E-state index is 11.9. The monoisotopic (exact) mass is 392 g/mol. The molecule has 0 saturated carbocycles. The van der Waals surface area contributed by atoms with Crippen LogP contribution >= 0.6 is 23.2 Å². The van der Waals surface area contributed by atoms with E-state index in [0.29, 0.717) is 27.0 Å². The number of amides is 1. The summed E-state index contributed by atoms with van der Waals surface area (Å²) in [6.07, 6.45) is -0.916. The van der Waals surface area contributed by atoms with Crippen molar-refractivity contribution in [3.05, 3.63) is 58.1 Å². The van der Waals surface area contributed by atoms with Gasteiger partial charge in [-0.1, -0.05) is 23.2 Å². The van der Waals surface area contributed by atoms with Gasteiger partial charge in [0, 0.05) is 5.69 Å². The number of anilines is 1. The number of carbonyl (C=O) groups excluding carboxylic acids is 2. The molecular formula is C18H14Cl2N2O4. The van der Waals surface area contributed by atoms with Crippen LogP contribution < -0.4 is 10.1 Å². The minimum atomic E-state index is -0.916. The zero-order chi connectivity index (χ0) is 19.1. The number of nitriles is 1. The lowest BCUT2D eigenvalue weighted by molar-refractivity contribution is -0.153. The first-order chi connectivity index (χ1) is 12.4. The largest absolute Gasteiger partial charge is 0.479 e. The summed E-state index contributed by atoms with van der Waals surface area (Å²) in [5.74, 6) is -0.810. The Kier molecular flexibility index (Phi) is 6.84. The number of hydrogen-bond acceptors (Lipinski definition) is 5. The first-order valence-electron chi connectivity index (χ1n) is 7.47. The Hall–Kier alpha value is -2.75. The zero-order valence-electron chi connectivity index (χ0n) is 13.7. The van der Waals surface area contributed by atoms with Gasteiger partial charge in [0.25, 0.3) is 5.91 Å². The van der Waals surface area contributed by atoms with Crippen molar-refractivity contribution < 1.29 is 19.1 Å². The summed E-state index contributed by atoms with van der Waals surface area (Å²) in [5, 5.41) is 11.9. The lowest BCUT2D eigenvalue weighted by atomic mass is 10.2. The van der Waals surface area contributed by atoms with E-state index in [1.54, 1.807) is 36.4 Å². The van der Waals surface area contributed by atoms with Crippen molar-refractivity contribution in [3.63, 3.8) is 0 Å². The Morgan fingerprint density at radius 3 is 2.46 bits per heavy atom. The van der Waals surface area contributed by atoms with E-state index >= 15 is 0 Å². The van der Waals surface area contributed by atoms with Crippen LogP contribution in [0.5, 0.6) is 5.75 Å². The van der Waals surface area contributed by atoms with Crippen LogP contribution in [0.2, 0.25) is 10.0 Å². The fraction of sp³-hybridized carbons (Fsp3) is 0.167. The molecule has 1 amide bonds. The van der Waals surface area contributed by atoms with Crippen molar-refractivity contribution in [2.75, 3.05) is 11.9 Å². The van der Waals surface area contributed by atoms with Crippen molar-refractivity contribution in [1.29, 1.82) is 5.26 Å². The van der Waals surface area contributed by atoms with Crippen molar-refractivity contribution >= 4 is 40.8 Å². The van der Waals surface area contributed by atoms with E-state index in [1.165, 1.54) is 13.0 Å². The van der Waals surface area contributed by atoms with Gasteiger partial charge in [-0.2, -0.15) is 5.26 Å². The average molecular weight is 393 g/mol. The molecule has 0 unspecified atom stereocenters. The minimum Gasteiger partial charge on any atom is -0.479 e. The smallest absolute Gasteiger partial charge is 0.347 e. The average Bonchev–Trinajstić information content (AvgIpc) is 2.63. The van der Waals surface area contributed by atoms with E-state index in [-0.39, 0.29) is 0 Å². The second-order valence-electron chi connectivity index (χ2n) is 5.18. The maximum Gasteiger partial charge on any atom is 0.347 e. The number of halogens is 2.